The highest BCUT2D eigenvalue weighted by Gasteiger charge is 2.29. The van der Waals surface area contributed by atoms with Crippen LogP contribution < -0.4 is 5.32 Å². The second-order valence-corrected chi connectivity index (χ2v) is 8.16. The van der Waals surface area contributed by atoms with Crippen LogP contribution in [-0.4, -0.2) is 27.1 Å². The van der Waals surface area contributed by atoms with Gasteiger partial charge in [-0.1, -0.05) is 42.5 Å². The molecule has 0 unspecified atom stereocenters. The third kappa shape index (κ3) is 3.77. The van der Waals surface area contributed by atoms with Crippen molar-refractivity contribution in [2.75, 3.05) is 11.9 Å². The lowest BCUT2D eigenvalue weighted by molar-refractivity contribution is -0.129. The molecule has 2 aromatic carbocycles. The fourth-order valence-electron chi connectivity index (χ4n) is 4.10. The van der Waals surface area contributed by atoms with Crippen molar-refractivity contribution in [3.05, 3.63) is 65.9 Å². The normalized spacial score (nSPS) is 15.8. The van der Waals surface area contributed by atoms with E-state index in [4.69, 9.17) is 5.10 Å². The SMILES string of the molecule is CC(=O)N1CCc2c(c(Nc3cccc(-c4ccccc4)c3)nn2CC2CC2)C1. The standard InChI is InChI=1S/C24H26N4O/c1-17(29)27-13-12-23-22(16-27)24(26-28(23)15-18-10-11-18)25-21-9-5-8-20(14-21)19-6-3-2-4-7-19/h2-9,14,18H,10-13,15-16H2,1H3,(H,25,26). The number of carbonyl (C=O) groups excluding carboxylic acids is 1. The molecule has 1 fully saturated rings. The average Bonchev–Trinajstić information content (AvgIpc) is 3.51. The van der Waals surface area contributed by atoms with Gasteiger partial charge in [-0.05, 0) is 42.0 Å². The van der Waals surface area contributed by atoms with E-state index >= 15 is 0 Å². The summed E-state index contributed by atoms with van der Waals surface area (Å²) in [6.07, 6.45) is 3.48. The summed E-state index contributed by atoms with van der Waals surface area (Å²) in [5.41, 5.74) is 5.84. The van der Waals surface area contributed by atoms with E-state index < -0.39 is 0 Å². The topological polar surface area (TPSA) is 50.2 Å². The summed E-state index contributed by atoms with van der Waals surface area (Å²) in [7, 11) is 0. The average molecular weight is 386 g/mol. The summed E-state index contributed by atoms with van der Waals surface area (Å²) in [5, 5.41) is 8.48. The highest BCUT2D eigenvalue weighted by atomic mass is 16.2. The van der Waals surface area contributed by atoms with Gasteiger partial charge in [0.15, 0.2) is 5.82 Å². The van der Waals surface area contributed by atoms with Gasteiger partial charge in [0, 0.05) is 43.4 Å². The molecule has 1 amide bonds. The zero-order chi connectivity index (χ0) is 19.8. The molecule has 0 radical (unpaired) electrons. The third-order valence-corrected chi connectivity index (χ3v) is 5.94. The predicted molar refractivity (Wildman–Crippen MR) is 115 cm³/mol. The summed E-state index contributed by atoms with van der Waals surface area (Å²) in [5.74, 6) is 1.78. The van der Waals surface area contributed by atoms with Crippen molar-refractivity contribution in [3.63, 3.8) is 0 Å². The lowest BCUT2D eigenvalue weighted by atomic mass is 10.0. The molecule has 5 nitrogen and oxygen atoms in total. The molecule has 1 aliphatic heterocycles. The smallest absolute Gasteiger partial charge is 0.219 e. The molecular weight excluding hydrogens is 360 g/mol. The number of rotatable bonds is 5. The molecular formula is C24H26N4O. The lowest BCUT2D eigenvalue weighted by Gasteiger charge is -2.26. The van der Waals surface area contributed by atoms with Crippen molar-refractivity contribution >= 4 is 17.4 Å². The molecule has 0 bridgehead atoms. The summed E-state index contributed by atoms with van der Waals surface area (Å²) < 4.78 is 2.19. The molecule has 0 spiro atoms. The van der Waals surface area contributed by atoms with Crippen molar-refractivity contribution in [3.8, 4) is 11.1 Å². The first-order valence-corrected chi connectivity index (χ1v) is 10.4. The summed E-state index contributed by atoms with van der Waals surface area (Å²) in [4.78, 5) is 13.9. The zero-order valence-electron chi connectivity index (χ0n) is 16.8. The molecule has 148 valence electrons. The minimum Gasteiger partial charge on any atom is -0.338 e. The van der Waals surface area contributed by atoms with Gasteiger partial charge in [-0.15, -0.1) is 0 Å². The van der Waals surface area contributed by atoms with E-state index in [9.17, 15) is 4.79 Å². The van der Waals surface area contributed by atoms with Crippen LogP contribution in [0.25, 0.3) is 11.1 Å². The Morgan fingerprint density at radius 3 is 2.66 bits per heavy atom. The Labute approximate surface area is 171 Å². The van der Waals surface area contributed by atoms with Crippen LogP contribution in [0.2, 0.25) is 0 Å². The van der Waals surface area contributed by atoms with E-state index in [0.29, 0.717) is 6.54 Å². The van der Waals surface area contributed by atoms with Crippen LogP contribution >= 0.6 is 0 Å². The monoisotopic (exact) mass is 386 g/mol. The molecule has 2 aliphatic rings. The maximum atomic E-state index is 12.0. The summed E-state index contributed by atoms with van der Waals surface area (Å²) >= 11 is 0. The maximum Gasteiger partial charge on any atom is 0.219 e. The molecule has 5 rings (SSSR count). The minimum atomic E-state index is 0.127. The number of carbonyl (C=O) groups is 1. The second kappa shape index (κ2) is 7.39. The molecule has 1 aromatic heterocycles. The number of amides is 1. The van der Waals surface area contributed by atoms with Crippen molar-refractivity contribution < 1.29 is 4.79 Å². The van der Waals surface area contributed by atoms with Gasteiger partial charge in [0.25, 0.3) is 0 Å². The van der Waals surface area contributed by atoms with Crippen molar-refractivity contribution in [2.24, 2.45) is 5.92 Å². The summed E-state index contributed by atoms with van der Waals surface area (Å²) in [6.45, 7) is 4.06. The fraction of sp³-hybridized carbons (Fsp3) is 0.333. The van der Waals surface area contributed by atoms with Gasteiger partial charge in [0.05, 0.1) is 6.54 Å². The van der Waals surface area contributed by atoms with E-state index in [1.807, 2.05) is 11.0 Å². The van der Waals surface area contributed by atoms with E-state index in [-0.39, 0.29) is 5.91 Å². The Morgan fingerprint density at radius 2 is 1.90 bits per heavy atom. The molecule has 1 aliphatic carbocycles. The molecule has 1 saturated carbocycles. The van der Waals surface area contributed by atoms with Crippen LogP contribution in [0.3, 0.4) is 0 Å². The maximum absolute atomic E-state index is 12.0. The highest BCUT2D eigenvalue weighted by molar-refractivity contribution is 5.75. The minimum absolute atomic E-state index is 0.127. The van der Waals surface area contributed by atoms with E-state index in [1.54, 1.807) is 6.92 Å². The molecule has 3 aromatic rings. The van der Waals surface area contributed by atoms with Crippen molar-refractivity contribution in [2.45, 2.75) is 39.3 Å². The van der Waals surface area contributed by atoms with Crippen LogP contribution in [0.5, 0.6) is 0 Å². The van der Waals surface area contributed by atoms with Crippen LogP contribution in [-0.2, 0) is 24.3 Å². The molecule has 0 saturated heterocycles. The zero-order valence-corrected chi connectivity index (χ0v) is 16.8. The number of nitrogens with one attached hydrogen (secondary N) is 1. The lowest BCUT2D eigenvalue weighted by Crippen LogP contribution is -2.34. The Hall–Kier alpha value is -3.08. The Bertz CT molecular complexity index is 1040. The first-order valence-electron chi connectivity index (χ1n) is 10.4. The number of aromatic nitrogens is 2. The first kappa shape index (κ1) is 18.0. The fourth-order valence-corrected chi connectivity index (χ4v) is 4.10. The van der Waals surface area contributed by atoms with Gasteiger partial charge in [-0.25, -0.2) is 0 Å². The first-order chi connectivity index (χ1) is 14.2. The van der Waals surface area contributed by atoms with Gasteiger partial charge >= 0.3 is 0 Å². The van der Waals surface area contributed by atoms with E-state index in [0.717, 1.165) is 42.5 Å². The predicted octanol–water partition coefficient (Wildman–Crippen LogP) is 4.61. The number of hydrogen-bond acceptors (Lipinski definition) is 3. The summed E-state index contributed by atoms with van der Waals surface area (Å²) in [6, 6.07) is 18.8. The largest absolute Gasteiger partial charge is 0.338 e. The Kier molecular flexibility index (Phi) is 4.58. The van der Waals surface area contributed by atoms with Gasteiger partial charge in [-0.3, -0.25) is 9.48 Å². The number of fused-ring (bicyclic) bond motifs is 1. The van der Waals surface area contributed by atoms with Crippen molar-refractivity contribution in [1.29, 1.82) is 0 Å². The third-order valence-electron chi connectivity index (χ3n) is 5.94. The van der Waals surface area contributed by atoms with Crippen LogP contribution in [0.1, 0.15) is 31.0 Å². The molecule has 5 heteroatoms. The quantitative estimate of drug-likeness (QED) is 0.697. The number of benzene rings is 2. The number of nitrogens with zero attached hydrogens (tertiary/aromatic N) is 3. The van der Waals surface area contributed by atoms with Gasteiger partial charge in [0.1, 0.15) is 0 Å². The number of hydrogen-bond donors (Lipinski definition) is 1. The molecule has 0 atom stereocenters. The second-order valence-electron chi connectivity index (χ2n) is 8.16. The highest BCUT2D eigenvalue weighted by Crippen LogP contribution is 2.34. The van der Waals surface area contributed by atoms with Crippen LogP contribution in [0.4, 0.5) is 11.5 Å². The number of anilines is 2. The van der Waals surface area contributed by atoms with Crippen LogP contribution in [0, 0.1) is 5.92 Å². The van der Waals surface area contributed by atoms with Gasteiger partial charge in [-0.2, -0.15) is 5.10 Å². The Balaban J connectivity index is 1.46. The molecule has 29 heavy (non-hydrogen) atoms. The van der Waals surface area contributed by atoms with E-state index in [2.05, 4.69) is 58.5 Å². The Morgan fingerprint density at radius 1 is 1.10 bits per heavy atom. The van der Waals surface area contributed by atoms with Gasteiger partial charge < -0.3 is 10.2 Å². The van der Waals surface area contributed by atoms with Crippen molar-refractivity contribution in [1.82, 2.24) is 14.7 Å². The van der Waals surface area contributed by atoms with Gasteiger partial charge in [0.2, 0.25) is 5.91 Å². The molecule has 2 heterocycles. The molecule has 1 N–H and O–H groups in total. The van der Waals surface area contributed by atoms with E-state index in [1.165, 1.54) is 29.7 Å². The van der Waals surface area contributed by atoms with Crippen LogP contribution in [0.15, 0.2) is 54.6 Å².